The zero-order chi connectivity index (χ0) is 19.8. The Kier molecular flexibility index (Phi) is 7.81. The van der Waals surface area contributed by atoms with Gasteiger partial charge in [-0.1, -0.05) is 31.9 Å². The number of benzene rings is 1. The van der Waals surface area contributed by atoms with Crippen LogP contribution >= 0.6 is 0 Å². The first kappa shape index (κ1) is 20.8. The predicted molar refractivity (Wildman–Crippen MR) is 109 cm³/mol. The maximum Gasteiger partial charge on any atom is 0.248 e. The Bertz CT molecular complexity index is 724. The van der Waals surface area contributed by atoms with Crippen LogP contribution in [0.3, 0.4) is 0 Å². The van der Waals surface area contributed by atoms with E-state index in [1.807, 2.05) is 0 Å². The number of nitrogens with zero attached hydrogens (tertiary/aromatic N) is 1. The van der Waals surface area contributed by atoms with Crippen molar-refractivity contribution in [3.8, 4) is 5.75 Å². The molecule has 1 aliphatic carbocycles. The van der Waals surface area contributed by atoms with Crippen molar-refractivity contribution < 1.29 is 13.5 Å². The van der Waals surface area contributed by atoms with Crippen LogP contribution in [0.25, 0.3) is 0 Å². The molecule has 0 aliphatic heterocycles. The predicted octanol–water partition coefficient (Wildman–Crippen LogP) is 6.84. The van der Waals surface area contributed by atoms with Crippen LogP contribution in [0.1, 0.15) is 75.3 Å². The molecule has 0 N–H and O–H groups in total. The molecule has 0 radical (unpaired) electrons. The number of aromatic nitrogens is 1. The van der Waals surface area contributed by atoms with Crippen LogP contribution in [-0.4, -0.2) is 11.6 Å². The topological polar surface area (TPSA) is 22.1 Å². The van der Waals surface area contributed by atoms with E-state index in [2.05, 4.69) is 36.2 Å². The second-order valence-electron chi connectivity index (χ2n) is 8.00. The van der Waals surface area contributed by atoms with E-state index in [1.54, 1.807) is 0 Å². The average Bonchev–Trinajstić information content (AvgIpc) is 2.73. The lowest BCUT2D eigenvalue weighted by molar-refractivity contribution is 0.303. The van der Waals surface area contributed by atoms with E-state index in [1.165, 1.54) is 56.4 Å². The maximum absolute atomic E-state index is 13.3. The van der Waals surface area contributed by atoms with Crippen molar-refractivity contribution in [2.45, 2.75) is 70.6 Å². The highest BCUT2D eigenvalue weighted by Crippen LogP contribution is 2.38. The molecule has 0 unspecified atom stereocenters. The highest BCUT2D eigenvalue weighted by atomic mass is 19.2. The van der Waals surface area contributed by atoms with E-state index in [4.69, 9.17) is 4.74 Å². The van der Waals surface area contributed by atoms with Crippen molar-refractivity contribution in [2.75, 3.05) is 6.61 Å². The first-order valence-corrected chi connectivity index (χ1v) is 10.7. The van der Waals surface area contributed by atoms with E-state index in [0.29, 0.717) is 11.8 Å². The second kappa shape index (κ2) is 10.5. The van der Waals surface area contributed by atoms with Crippen molar-refractivity contribution in [1.82, 2.24) is 4.98 Å². The molecule has 1 aromatic heterocycles. The number of ether oxygens (including phenoxy) is 1. The van der Waals surface area contributed by atoms with Gasteiger partial charge in [0.2, 0.25) is 5.95 Å². The Morgan fingerprint density at radius 2 is 1.79 bits per heavy atom. The van der Waals surface area contributed by atoms with Crippen LogP contribution < -0.4 is 4.74 Å². The normalized spacial score (nSPS) is 19.5. The lowest BCUT2D eigenvalue weighted by atomic mass is 9.77. The Hall–Kier alpha value is -1.97. The van der Waals surface area contributed by atoms with E-state index in [9.17, 15) is 8.78 Å². The molecule has 1 aromatic carbocycles. The van der Waals surface area contributed by atoms with Crippen LogP contribution in [-0.2, 0) is 6.42 Å². The maximum atomic E-state index is 13.3. The lowest BCUT2D eigenvalue weighted by Gasteiger charge is -2.29. The molecule has 3 rings (SSSR count). The molecule has 1 fully saturated rings. The number of unbranched alkanes of at least 4 members (excludes halogenated alkanes) is 2. The van der Waals surface area contributed by atoms with Gasteiger partial charge >= 0.3 is 0 Å². The number of aryl methyl sites for hydroxylation is 1. The lowest BCUT2D eigenvalue weighted by Crippen LogP contribution is -2.14. The van der Waals surface area contributed by atoms with Crippen molar-refractivity contribution >= 4 is 0 Å². The number of halogens is 2. The first-order chi connectivity index (χ1) is 13.7. The summed E-state index contributed by atoms with van der Waals surface area (Å²) < 4.78 is 32.0. The fourth-order valence-corrected chi connectivity index (χ4v) is 4.13. The molecule has 2 nitrogen and oxygen atoms in total. The minimum atomic E-state index is -1.01. The van der Waals surface area contributed by atoms with Gasteiger partial charge < -0.3 is 4.74 Å². The van der Waals surface area contributed by atoms with Crippen LogP contribution in [0.2, 0.25) is 0 Å². The summed E-state index contributed by atoms with van der Waals surface area (Å²) in [6.45, 7) is 3.00. The average molecular weight is 388 g/mol. The molecule has 0 atom stereocenters. The standard InChI is InChI=1S/C24H31F2NO/c1-2-3-4-15-28-22-13-11-21(12-14-22)20-9-7-18(8-10-20)5-6-19-16-23(25)24(26)27-17-19/h11-14,16-18,20H,2-10,15H2,1H3/t18-,20-. The number of pyridine rings is 1. The van der Waals surface area contributed by atoms with Crippen LogP contribution in [0.4, 0.5) is 8.78 Å². The highest BCUT2D eigenvalue weighted by Gasteiger charge is 2.22. The third-order valence-electron chi connectivity index (χ3n) is 5.91. The van der Waals surface area contributed by atoms with E-state index >= 15 is 0 Å². The summed E-state index contributed by atoms with van der Waals surface area (Å²) in [4.78, 5) is 3.48. The third kappa shape index (κ3) is 6.02. The highest BCUT2D eigenvalue weighted by molar-refractivity contribution is 5.29. The summed E-state index contributed by atoms with van der Waals surface area (Å²) in [6.07, 6.45) is 11.5. The van der Waals surface area contributed by atoms with Gasteiger partial charge in [0.1, 0.15) is 5.75 Å². The molecule has 1 saturated carbocycles. The summed E-state index contributed by atoms with van der Waals surface area (Å²) in [7, 11) is 0. The van der Waals surface area contributed by atoms with Gasteiger partial charge in [-0.2, -0.15) is 4.39 Å². The van der Waals surface area contributed by atoms with Crippen molar-refractivity contribution in [3.63, 3.8) is 0 Å². The molecule has 1 heterocycles. The van der Waals surface area contributed by atoms with Crippen LogP contribution in [0, 0.1) is 17.7 Å². The molecular weight excluding hydrogens is 356 g/mol. The number of rotatable bonds is 9. The van der Waals surface area contributed by atoms with E-state index in [0.717, 1.165) is 37.2 Å². The molecule has 0 spiro atoms. The fourth-order valence-electron chi connectivity index (χ4n) is 4.13. The molecule has 4 heteroatoms. The summed E-state index contributed by atoms with van der Waals surface area (Å²) in [5.41, 5.74) is 2.19. The zero-order valence-electron chi connectivity index (χ0n) is 16.8. The third-order valence-corrected chi connectivity index (χ3v) is 5.91. The SMILES string of the molecule is CCCCCOc1ccc([C@H]2CC[C@H](CCc3cnc(F)c(F)c3)CC2)cc1. The smallest absolute Gasteiger partial charge is 0.248 e. The zero-order valence-corrected chi connectivity index (χ0v) is 16.8. The van der Waals surface area contributed by atoms with Gasteiger partial charge in [-0.05, 0) is 86.1 Å². The summed E-state index contributed by atoms with van der Waals surface area (Å²) >= 11 is 0. The Labute approximate surface area is 167 Å². The van der Waals surface area contributed by atoms with Gasteiger partial charge in [0.05, 0.1) is 6.61 Å². The van der Waals surface area contributed by atoms with Crippen molar-refractivity contribution in [2.24, 2.45) is 5.92 Å². The largest absolute Gasteiger partial charge is 0.494 e. The van der Waals surface area contributed by atoms with Gasteiger partial charge in [-0.3, -0.25) is 0 Å². The molecule has 2 aromatic rings. The second-order valence-corrected chi connectivity index (χ2v) is 8.00. The first-order valence-electron chi connectivity index (χ1n) is 10.7. The van der Waals surface area contributed by atoms with Crippen LogP contribution in [0.5, 0.6) is 5.75 Å². The monoisotopic (exact) mass is 387 g/mol. The van der Waals surface area contributed by atoms with Gasteiger partial charge in [0, 0.05) is 6.20 Å². The number of hydrogen-bond acceptors (Lipinski definition) is 2. The summed E-state index contributed by atoms with van der Waals surface area (Å²) in [6, 6.07) is 9.91. The van der Waals surface area contributed by atoms with Gasteiger partial charge in [-0.25, -0.2) is 9.37 Å². The molecule has 0 saturated heterocycles. The summed E-state index contributed by atoms with van der Waals surface area (Å²) in [5.74, 6) is 0.384. The molecule has 0 bridgehead atoms. The van der Waals surface area contributed by atoms with Gasteiger partial charge in [0.25, 0.3) is 0 Å². The molecule has 152 valence electrons. The minimum absolute atomic E-state index is 0.621. The van der Waals surface area contributed by atoms with Gasteiger partial charge in [-0.15, -0.1) is 0 Å². The van der Waals surface area contributed by atoms with Crippen molar-refractivity contribution in [1.29, 1.82) is 0 Å². The quantitative estimate of drug-likeness (QED) is 0.347. The van der Waals surface area contributed by atoms with E-state index < -0.39 is 11.8 Å². The minimum Gasteiger partial charge on any atom is -0.494 e. The number of hydrogen-bond donors (Lipinski definition) is 0. The Morgan fingerprint density at radius 3 is 2.46 bits per heavy atom. The molecule has 28 heavy (non-hydrogen) atoms. The fraction of sp³-hybridized carbons (Fsp3) is 0.542. The molecule has 1 aliphatic rings. The van der Waals surface area contributed by atoms with E-state index in [-0.39, 0.29) is 0 Å². The molecule has 0 amide bonds. The van der Waals surface area contributed by atoms with Crippen LogP contribution in [0.15, 0.2) is 36.5 Å². The van der Waals surface area contributed by atoms with Gasteiger partial charge in [0.15, 0.2) is 5.82 Å². The molecular formula is C24H31F2NO. The summed E-state index contributed by atoms with van der Waals surface area (Å²) in [5, 5.41) is 0. The Morgan fingerprint density at radius 1 is 1.04 bits per heavy atom. The Balaban J connectivity index is 1.41. The van der Waals surface area contributed by atoms with Crippen molar-refractivity contribution in [3.05, 3.63) is 59.4 Å².